The quantitative estimate of drug-likeness (QED) is 0.337. The topological polar surface area (TPSA) is 73.8 Å². The van der Waals surface area contributed by atoms with Crippen molar-refractivity contribution in [3.63, 3.8) is 0 Å². The molecular formula is C20H48O8Si2. The maximum absolute atomic E-state index is 5.77. The second kappa shape index (κ2) is 15.8. The van der Waals surface area contributed by atoms with Crippen molar-refractivity contribution in [3.8, 4) is 0 Å². The van der Waals surface area contributed by atoms with Gasteiger partial charge in [-0.05, 0) is 60.8 Å². The van der Waals surface area contributed by atoms with Crippen LogP contribution in [0.25, 0.3) is 0 Å². The van der Waals surface area contributed by atoms with Crippen LogP contribution in [0, 0.1) is 0 Å². The molecule has 0 saturated heterocycles. The van der Waals surface area contributed by atoms with Gasteiger partial charge < -0.3 is 35.4 Å². The third-order valence-corrected chi connectivity index (χ3v) is 7.96. The second-order valence-electron chi connectivity index (χ2n) is 8.59. The molecule has 0 radical (unpaired) electrons. The fourth-order valence-corrected chi connectivity index (χ4v) is 6.01. The molecule has 0 unspecified atom stereocenters. The van der Waals surface area contributed by atoms with Crippen LogP contribution in [0.1, 0.15) is 81.6 Å². The molecule has 0 heterocycles. The number of hydrogen-bond acceptors (Lipinski definition) is 8. The number of rotatable bonds is 14. The number of hydrogen-bond donors (Lipinski definition) is 0. The van der Waals surface area contributed by atoms with Crippen LogP contribution in [0.4, 0.5) is 0 Å². The van der Waals surface area contributed by atoms with E-state index >= 15 is 0 Å². The monoisotopic (exact) mass is 472 g/mol. The Hall–Kier alpha value is 0.114. The van der Waals surface area contributed by atoms with Crippen LogP contribution in [-0.4, -0.2) is 70.4 Å². The van der Waals surface area contributed by atoms with Crippen LogP contribution < -0.4 is 0 Å². The first-order chi connectivity index (χ1) is 13.8. The van der Waals surface area contributed by atoms with Crippen molar-refractivity contribution in [2.24, 2.45) is 0 Å². The average molecular weight is 473 g/mol. The Morgan fingerprint density at radius 1 is 0.500 bits per heavy atom. The van der Waals surface area contributed by atoms with Gasteiger partial charge in [0.15, 0.2) is 0 Å². The van der Waals surface area contributed by atoms with E-state index in [-0.39, 0.29) is 11.2 Å². The molecule has 0 rings (SSSR count). The fourth-order valence-electron chi connectivity index (χ4n) is 2.00. The zero-order valence-electron chi connectivity index (χ0n) is 21.5. The lowest BCUT2D eigenvalue weighted by Crippen LogP contribution is -2.55. The van der Waals surface area contributed by atoms with Gasteiger partial charge in [-0.2, -0.15) is 0 Å². The lowest BCUT2D eigenvalue weighted by atomic mass is 10.2. The van der Waals surface area contributed by atoms with E-state index in [0.717, 1.165) is 19.3 Å². The predicted octanol–water partition coefficient (Wildman–Crippen LogP) is 4.69. The summed E-state index contributed by atoms with van der Waals surface area (Å²) in [6, 6.07) is 0. The van der Waals surface area contributed by atoms with Gasteiger partial charge in [-0.3, -0.25) is 0 Å². The lowest BCUT2D eigenvalue weighted by molar-refractivity contribution is -0.0929. The smallest absolute Gasteiger partial charge is 0.355 e. The van der Waals surface area contributed by atoms with E-state index in [1.807, 2.05) is 41.5 Å². The zero-order valence-corrected chi connectivity index (χ0v) is 23.5. The first-order valence-electron chi connectivity index (χ1n) is 10.8. The van der Waals surface area contributed by atoms with E-state index in [1.54, 1.807) is 21.3 Å². The molecule has 0 aliphatic rings. The second-order valence-corrected chi connectivity index (χ2v) is 13.1. The minimum absolute atomic E-state index is 0.358. The molecule has 10 heteroatoms. The molecule has 0 amide bonds. The SMILES string of the molecule is CCCO[Si](OC)(OCCC)OCCC.CO[Si](OC)(OC(C)(C)C)OC(C)(C)C. The van der Waals surface area contributed by atoms with E-state index in [2.05, 4.69) is 20.8 Å². The van der Waals surface area contributed by atoms with Crippen LogP contribution in [0.2, 0.25) is 0 Å². The Labute approximate surface area is 187 Å². The van der Waals surface area contributed by atoms with Gasteiger partial charge in [0.2, 0.25) is 0 Å². The predicted molar refractivity (Wildman–Crippen MR) is 123 cm³/mol. The lowest BCUT2D eigenvalue weighted by Gasteiger charge is -2.36. The van der Waals surface area contributed by atoms with Gasteiger partial charge in [-0.1, -0.05) is 20.8 Å². The molecule has 0 aromatic heterocycles. The van der Waals surface area contributed by atoms with Crippen molar-refractivity contribution in [2.75, 3.05) is 41.2 Å². The molecule has 0 N–H and O–H groups in total. The summed E-state index contributed by atoms with van der Waals surface area (Å²) in [5, 5.41) is 0. The zero-order chi connectivity index (χ0) is 23.9. The summed E-state index contributed by atoms with van der Waals surface area (Å²) in [7, 11) is -1.16. The summed E-state index contributed by atoms with van der Waals surface area (Å²) in [6.45, 7) is 19.7. The van der Waals surface area contributed by atoms with Crippen LogP contribution in [0.3, 0.4) is 0 Å². The molecule has 0 bridgehead atoms. The molecule has 0 atom stereocenters. The van der Waals surface area contributed by atoms with Crippen LogP contribution >= 0.6 is 0 Å². The van der Waals surface area contributed by atoms with Gasteiger partial charge in [0.05, 0.1) is 11.2 Å². The molecular weight excluding hydrogens is 424 g/mol. The molecule has 0 spiro atoms. The third kappa shape index (κ3) is 15.8. The summed E-state index contributed by atoms with van der Waals surface area (Å²) in [5.74, 6) is 0. The molecule has 0 fully saturated rings. The highest BCUT2D eigenvalue weighted by Gasteiger charge is 2.50. The molecule has 0 aliphatic carbocycles. The Morgan fingerprint density at radius 2 is 0.767 bits per heavy atom. The van der Waals surface area contributed by atoms with Gasteiger partial charge in [0.1, 0.15) is 0 Å². The molecule has 0 saturated carbocycles. The van der Waals surface area contributed by atoms with Gasteiger partial charge in [0.25, 0.3) is 0 Å². The maximum Gasteiger partial charge on any atom is 0.680 e. The van der Waals surface area contributed by atoms with E-state index in [0.29, 0.717) is 19.8 Å². The normalized spacial score (nSPS) is 13.2. The molecule has 8 nitrogen and oxygen atoms in total. The summed E-state index contributed by atoms with van der Waals surface area (Å²) in [5.41, 5.74) is -0.715. The van der Waals surface area contributed by atoms with Crippen molar-refractivity contribution < 1.29 is 35.4 Å². The van der Waals surface area contributed by atoms with Crippen LogP contribution in [0.5, 0.6) is 0 Å². The Morgan fingerprint density at radius 3 is 0.933 bits per heavy atom. The fraction of sp³-hybridized carbons (Fsp3) is 1.00. The first-order valence-corrected chi connectivity index (χ1v) is 14.0. The minimum atomic E-state index is -3.01. The first kappa shape index (κ1) is 32.3. The van der Waals surface area contributed by atoms with E-state index in [1.165, 1.54) is 0 Å². The minimum Gasteiger partial charge on any atom is -0.355 e. The summed E-state index contributed by atoms with van der Waals surface area (Å²) < 4.78 is 44.3. The van der Waals surface area contributed by atoms with Crippen LogP contribution in [-0.2, 0) is 35.4 Å². The Bertz CT molecular complexity index is 367. The van der Waals surface area contributed by atoms with Gasteiger partial charge in [-0.25, -0.2) is 0 Å². The average Bonchev–Trinajstić information content (AvgIpc) is 2.65. The van der Waals surface area contributed by atoms with Crippen molar-refractivity contribution in [3.05, 3.63) is 0 Å². The molecule has 0 aliphatic heterocycles. The van der Waals surface area contributed by atoms with Crippen molar-refractivity contribution >= 4 is 18.1 Å². The Kier molecular flexibility index (Phi) is 17.1. The highest BCUT2D eigenvalue weighted by molar-refractivity contribution is 6.53. The maximum atomic E-state index is 5.77. The molecule has 184 valence electrons. The molecule has 30 heavy (non-hydrogen) atoms. The van der Waals surface area contributed by atoms with Crippen molar-refractivity contribution in [1.29, 1.82) is 0 Å². The summed E-state index contributed by atoms with van der Waals surface area (Å²) in [4.78, 5) is 0. The highest BCUT2D eigenvalue weighted by Crippen LogP contribution is 2.24. The van der Waals surface area contributed by atoms with Gasteiger partial charge >= 0.3 is 18.1 Å². The molecule has 0 aromatic carbocycles. The molecule has 0 aromatic rings. The Balaban J connectivity index is 0. The summed E-state index contributed by atoms with van der Waals surface area (Å²) in [6.07, 6.45) is 2.80. The van der Waals surface area contributed by atoms with Crippen LogP contribution in [0.15, 0.2) is 0 Å². The summed E-state index contributed by atoms with van der Waals surface area (Å²) >= 11 is 0. The van der Waals surface area contributed by atoms with E-state index in [9.17, 15) is 0 Å². The highest BCUT2D eigenvalue weighted by atomic mass is 28.4. The van der Waals surface area contributed by atoms with Crippen molar-refractivity contribution in [2.45, 2.75) is 92.8 Å². The van der Waals surface area contributed by atoms with E-state index < -0.39 is 18.1 Å². The van der Waals surface area contributed by atoms with E-state index in [4.69, 9.17) is 35.4 Å². The van der Waals surface area contributed by atoms with Crippen molar-refractivity contribution in [1.82, 2.24) is 0 Å². The third-order valence-electron chi connectivity index (χ3n) is 3.06. The van der Waals surface area contributed by atoms with Gasteiger partial charge in [0, 0.05) is 41.2 Å². The van der Waals surface area contributed by atoms with Gasteiger partial charge in [-0.15, -0.1) is 0 Å². The largest absolute Gasteiger partial charge is 0.680 e. The standard InChI is InChI=1S/2C10H24O4Si/c1-9(2,3)13-15(11-7,12-8)14-10(4,5)6;1-5-8-12-15(11-4,13-9-6-2)14-10-7-3/h1-8H3;5-10H2,1-4H3.